The molecule has 1 saturated carbocycles. The molecule has 0 bridgehead atoms. The highest BCUT2D eigenvalue weighted by atomic mass is 16.5. The first kappa shape index (κ1) is 14.6. The Morgan fingerprint density at radius 3 is 2.71 bits per heavy atom. The van der Waals surface area contributed by atoms with E-state index in [1.165, 1.54) is 29.2 Å². The lowest BCUT2D eigenvalue weighted by molar-refractivity contribution is -0.0715. The molecule has 2 nitrogen and oxygen atoms in total. The van der Waals surface area contributed by atoms with Crippen LogP contribution in [0.5, 0.6) is 0 Å². The second-order valence-electron chi connectivity index (χ2n) is 6.52. The highest BCUT2D eigenvalue weighted by molar-refractivity contribution is 5.86. The zero-order valence-corrected chi connectivity index (χ0v) is 13.0. The fourth-order valence-corrected chi connectivity index (χ4v) is 3.94. The van der Waals surface area contributed by atoms with E-state index >= 15 is 0 Å². The number of hydrogen-bond donors (Lipinski definition) is 1. The summed E-state index contributed by atoms with van der Waals surface area (Å²) in [5.74, 6) is 0.680. The van der Waals surface area contributed by atoms with Crippen LogP contribution in [-0.2, 0) is 4.74 Å². The molecule has 1 aliphatic carbocycles. The summed E-state index contributed by atoms with van der Waals surface area (Å²) < 4.78 is 5.99. The molecule has 2 aromatic rings. The fraction of sp³-hybridized carbons (Fsp3) is 0.474. The van der Waals surface area contributed by atoms with Gasteiger partial charge in [0.25, 0.3) is 0 Å². The summed E-state index contributed by atoms with van der Waals surface area (Å²) in [5, 5.41) is 2.50. The van der Waals surface area contributed by atoms with Gasteiger partial charge >= 0.3 is 0 Å². The third-order valence-corrected chi connectivity index (χ3v) is 5.12. The molecule has 0 amide bonds. The maximum atomic E-state index is 6.72. The van der Waals surface area contributed by atoms with Gasteiger partial charge in [0.05, 0.1) is 11.6 Å². The Kier molecular flexibility index (Phi) is 4.01. The largest absolute Gasteiger partial charge is 0.376 e. The van der Waals surface area contributed by atoms with Crippen molar-refractivity contribution in [3.63, 3.8) is 0 Å². The Bertz CT molecular complexity index is 618. The summed E-state index contributed by atoms with van der Waals surface area (Å²) in [7, 11) is 1.82. The molecule has 2 aromatic carbocycles. The van der Waals surface area contributed by atoms with E-state index in [2.05, 4.69) is 49.4 Å². The van der Waals surface area contributed by atoms with Crippen LogP contribution in [-0.4, -0.2) is 12.7 Å². The maximum absolute atomic E-state index is 6.72. The zero-order chi connectivity index (χ0) is 14.9. The summed E-state index contributed by atoms with van der Waals surface area (Å²) in [6.07, 6.45) is 4.59. The average molecular weight is 283 g/mol. The van der Waals surface area contributed by atoms with Gasteiger partial charge in [-0.1, -0.05) is 62.2 Å². The molecule has 0 saturated heterocycles. The second-order valence-corrected chi connectivity index (χ2v) is 6.52. The Labute approximate surface area is 127 Å². The average Bonchev–Trinajstić information content (AvgIpc) is 2.53. The van der Waals surface area contributed by atoms with Gasteiger partial charge in [-0.25, -0.2) is 0 Å². The zero-order valence-electron chi connectivity index (χ0n) is 13.0. The van der Waals surface area contributed by atoms with Crippen molar-refractivity contribution in [2.45, 2.75) is 44.2 Å². The van der Waals surface area contributed by atoms with E-state index in [0.29, 0.717) is 5.92 Å². The summed E-state index contributed by atoms with van der Waals surface area (Å²) in [6.45, 7) is 2.31. The number of rotatable bonds is 3. The van der Waals surface area contributed by atoms with Crippen LogP contribution in [0.4, 0.5) is 0 Å². The van der Waals surface area contributed by atoms with Crippen LogP contribution in [0.2, 0.25) is 0 Å². The molecule has 21 heavy (non-hydrogen) atoms. The summed E-state index contributed by atoms with van der Waals surface area (Å²) in [6, 6.07) is 14.8. The van der Waals surface area contributed by atoms with Crippen molar-refractivity contribution in [3.8, 4) is 0 Å². The first-order chi connectivity index (χ1) is 10.2. The molecule has 0 aliphatic heterocycles. The van der Waals surface area contributed by atoms with Crippen molar-refractivity contribution in [1.82, 2.24) is 0 Å². The Hall–Kier alpha value is -1.38. The Morgan fingerprint density at radius 2 is 1.95 bits per heavy atom. The molecule has 1 aliphatic rings. The predicted octanol–water partition coefficient (Wildman–Crippen LogP) is 4.43. The van der Waals surface area contributed by atoms with Crippen LogP contribution in [0.15, 0.2) is 42.5 Å². The maximum Gasteiger partial charge on any atom is 0.0873 e. The van der Waals surface area contributed by atoms with E-state index in [9.17, 15) is 0 Å². The lowest BCUT2D eigenvalue weighted by atomic mass is 9.72. The molecule has 3 atom stereocenters. The van der Waals surface area contributed by atoms with Crippen LogP contribution in [0, 0.1) is 5.92 Å². The molecule has 3 unspecified atom stereocenters. The van der Waals surface area contributed by atoms with Gasteiger partial charge < -0.3 is 10.5 Å². The minimum absolute atomic E-state index is 0.0728. The molecule has 0 radical (unpaired) electrons. The first-order valence-electron chi connectivity index (χ1n) is 7.95. The highest BCUT2D eigenvalue weighted by Crippen LogP contribution is 2.43. The lowest BCUT2D eigenvalue weighted by Gasteiger charge is -2.43. The summed E-state index contributed by atoms with van der Waals surface area (Å²) in [4.78, 5) is 0. The highest BCUT2D eigenvalue weighted by Gasteiger charge is 2.41. The fourth-order valence-electron chi connectivity index (χ4n) is 3.94. The second kappa shape index (κ2) is 5.78. The lowest BCUT2D eigenvalue weighted by Crippen LogP contribution is -2.46. The predicted molar refractivity (Wildman–Crippen MR) is 88.2 cm³/mol. The molecular formula is C19H25NO. The van der Waals surface area contributed by atoms with Gasteiger partial charge in [-0.2, -0.15) is 0 Å². The quantitative estimate of drug-likeness (QED) is 0.904. The van der Waals surface area contributed by atoms with Gasteiger partial charge in [0.15, 0.2) is 0 Å². The van der Waals surface area contributed by atoms with E-state index in [4.69, 9.17) is 10.5 Å². The standard InChI is InChI=1S/C19H25NO/c1-14-7-6-12-19(13-14,21-2)18(20)17-11-5-9-15-8-3-4-10-16(15)17/h3-5,8-11,14,18H,6-7,12-13,20H2,1-2H3. The van der Waals surface area contributed by atoms with Crippen LogP contribution >= 0.6 is 0 Å². The van der Waals surface area contributed by atoms with E-state index in [0.717, 1.165) is 12.8 Å². The molecule has 112 valence electrons. The SMILES string of the molecule is COC1(C(N)c2cccc3ccccc23)CCCC(C)C1. The molecule has 0 heterocycles. The number of benzene rings is 2. The molecule has 3 rings (SSSR count). The van der Waals surface area contributed by atoms with Gasteiger partial charge in [0.2, 0.25) is 0 Å². The van der Waals surface area contributed by atoms with Gasteiger partial charge in [0.1, 0.15) is 0 Å². The third-order valence-electron chi connectivity index (χ3n) is 5.12. The van der Waals surface area contributed by atoms with Crippen LogP contribution in [0.3, 0.4) is 0 Å². The van der Waals surface area contributed by atoms with Crippen LogP contribution in [0.25, 0.3) is 10.8 Å². The van der Waals surface area contributed by atoms with Crippen molar-refractivity contribution in [2.24, 2.45) is 11.7 Å². The van der Waals surface area contributed by atoms with Gasteiger partial charge in [-0.15, -0.1) is 0 Å². The molecule has 1 fully saturated rings. The first-order valence-corrected chi connectivity index (χ1v) is 7.95. The van der Waals surface area contributed by atoms with Gasteiger partial charge in [-0.3, -0.25) is 0 Å². The third kappa shape index (κ3) is 2.58. The molecular weight excluding hydrogens is 258 g/mol. The minimum atomic E-state index is -0.220. The van der Waals surface area contributed by atoms with Crippen molar-refractivity contribution < 1.29 is 4.74 Å². The Balaban J connectivity index is 2.04. The number of fused-ring (bicyclic) bond motifs is 1. The van der Waals surface area contributed by atoms with E-state index in [-0.39, 0.29) is 11.6 Å². The smallest absolute Gasteiger partial charge is 0.0873 e. The van der Waals surface area contributed by atoms with Crippen molar-refractivity contribution in [2.75, 3.05) is 7.11 Å². The number of methoxy groups -OCH3 is 1. The number of hydrogen-bond acceptors (Lipinski definition) is 2. The van der Waals surface area contributed by atoms with Crippen molar-refractivity contribution in [3.05, 3.63) is 48.0 Å². The molecule has 0 spiro atoms. The molecule has 2 heteroatoms. The van der Waals surface area contributed by atoms with Gasteiger partial charge in [-0.05, 0) is 35.1 Å². The topological polar surface area (TPSA) is 35.2 Å². The molecule has 2 N–H and O–H groups in total. The van der Waals surface area contributed by atoms with Crippen molar-refractivity contribution in [1.29, 1.82) is 0 Å². The molecule has 0 aromatic heterocycles. The number of ether oxygens (including phenoxy) is 1. The van der Waals surface area contributed by atoms with E-state index in [1.54, 1.807) is 0 Å². The van der Waals surface area contributed by atoms with Gasteiger partial charge in [0, 0.05) is 7.11 Å². The van der Waals surface area contributed by atoms with E-state index < -0.39 is 0 Å². The van der Waals surface area contributed by atoms with Crippen LogP contribution in [0.1, 0.15) is 44.2 Å². The minimum Gasteiger partial charge on any atom is -0.376 e. The van der Waals surface area contributed by atoms with Crippen LogP contribution < -0.4 is 5.73 Å². The normalized spacial score (nSPS) is 27.7. The summed E-state index contributed by atoms with van der Waals surface area (Å²) >= 11 is 0. The van der Waals surface area contributed by atoms with Crippen molar-refractivity contribution >= 4 is 10.8 Å². The summed E-state index contributed by atoms with van der Waals surface area (Å²) in [5.41, 5.74) is 7.71. The monoisotopic (exact) mass is 283 g/mol. The number of nitrogens with two attached hydrogens (primary N) is 1. The van der Waals surface area contributed by atoms with E-state index in [1.807, 2.05) is 7.11 Å². The Morgan fingerprint density at radius 1 is 1.19 bits per heavy atom.